The Labute approximate surface area is 152 Å². The minimum Gasteiger partial charge on any atom is -0.446 e. The highest BCUT2D eigenvalue weighted by atomic mass is 16.6. The lowest BCUT2D eigenvalue weighted by Gasteiger charge is -2.16. The Morgan fingerprint density at radius 1 is 1.31 bits per heavy atom. The van der Waals surface area contributed by atoms with Crippen LogP contribution in [0.4, 0.5) is 16.6 Å². The quantitative estimate of drug-likeness (QED) is 0.855. The molecule has 0 radical (unpaired) electrons. The van der Waals surface area contributed by atoms with E-state index in [0.717, 1.165) is 43.5 Å². The van der Waals surface area contributed by atoms with Gasteiger partial charge in [0.15, 0.2) is 0 Å². The van der Waals surface area contributed by atoms with Gasteiger partial charge < -0.3 is 15.4 Å². The molecule has 0 saturated heterocycles. The van der Waals surface area contributed by atoms with E-state index in [1.807, 2.05) is 32.4 Å². The molecule has 2 aliphatic carbocycles. The average molecular weight is 356 g/mol. The molecule has 0 unspecified atom stereocenters. The summed E-state index contributed by atoms with van der Waals surface area (Å²) in [5.41, 5.74) is 1.04. The van der Waals surface area contributed by atoms with E-state index in [4.69, 9.17) is 4.74 Å². The largest absolute Gasteiger partial charge is 0.446 e. The van der Waals surface area contributed by atoms with Crippen LogP contribution in [0.2, 0.25) is 0 Å². The Hall–Kier alpha value is -2.64. The van der Waals surface area contributed by atoms with E-state index in [1.165, 1.54) is 0 Å². The number of aryl methyl sites for hydroxylation is 1. The Kier molecular flexibility index (Phi) is 4.26. The van der Waals surface area contributed by atoms with Crippen molar-refractivity contribution in [1.82, 2.24) is 25.1 Å². The van der Waals surface area contributed by atoms with Gasteiger partial charge >= 0.3 is 6.09 Å². The maximum absolute atomic E-state index is 11.9. The van der Waals surface area contributed by atoms with Crippen LogP contribution in [0.15, 0.2) is 24.7 Å². The van der Waals surface area contributed by atoms with Gasteiger partial charge in [-0.15, -0.1) is 0 Å². The van der Waals surface area contributed by atoms with Crippen molar-refractivity contribution in [1.29, 1.82) is 0 Å². The molecule has 2 atom stereocenters. The normalized spacial score (nSPS) is 23.5. The highest BCUT2D eigenvalue weighted by Gasteiger charge is 2.40. The molecule has 0 aromatic carbocycles. The third-order valence-electron chi connectivity index (χ3n) is 5.27. The molecule has 4 rings (SSSR count). The van der Waals surface area contributed by atoms with E-state index in [0.29, 0.717) is 11.9 Å². The second-order valence-electron chi connectivity index (χ2n) is 7.53. The van der Waals surface area contributed by atoms with Gasteiger partial charge in [0.25, 0.3) is 0 Å². The number of amides is 1. The molecule has 1 amide bonds. The van der Waals surface area contributed by atoms with Crippen molar-refractivity contribution in [2.75, 3.05) is 5.32 Å². The van der Waals surface area contributed by atoms with Gasteiger partial charge in [-0.05, 0) is 50.5 Å². The fourth-order valence-electron chi connectivity index (χ4n) is 3.31. The summed E-state index contributed by atoms with van der Waals surface area (Å²) in [7, 11) is 1.86. The van der Waals surface area contributed by atoms with Crippen LogP contribution >= 0.6 is 0 Å². The van der Waals surface area contributed by atoms with Gasteiger partial charge in [0.1, 0.15) is 11.9 Å². The first-order valence-corrected chi connectivity index (χ1v) is 9.06. The third-order valence-corrected chi connectivity index (χ3v) is 5.27. The smallest absolute Gasteiger partial charge is 0.407 e. The average Bonchev–Trinajstić information content (AvgIpc) is 2.98. The number of ether oxygens (including phenoxy) is 1. The summed E-state index contributed by atoms with van der Waals surface area (Å²) in [6.45, 7) is 2.05. The maximum Gasteiger partial charge on any atom is 0.407 e. The minimum absolute atomic E-state index is 0.0328. The van der Waals surface area contributed by atoms with Gasteiger partial charge in [0.05, 0.1) is 6.20 Å². The lowest BCUT2D eigenvalue weighted by Crippen LogP contribution is -2.36. The van der Waals surface area contributed by atoms with E-state index in [-0.39, 0.29) is 17.7 Å². The van der Waals surface area contributed by atoms with Crippen LogP contribution in [0.3, 0.4) is 0 Å². The number of aromatic nitrogens is 4. The van der Waals surface area contributed by atoms with Crippen LogP contribution in [-0.4, -0.2) is 37.5 Å². The monoisotopic (exact) mass is 356 g/mol. The molecule has 2 heterocycles. The van der Waals surface area contributed by atoms with Gasteiger partial charge in [-0.25, -0.2) is 14.8 Å². The van der Waals surface area contributed by atoms with E-state index in [9.17, 15) is 4.79 Å². The SMILES string of the molecule is Cn1nccc1Nc1ncc([C@@H]2CC[C@H](OC(=O)NC3(C)CC3)C2)cn1. The highest BCUT2D eigenvalue weighted by Crippen LogP contribution is 2.37. The predicted octanol–water partition coefficient (Wildman–Crippen LogP) is 2.87. The van der Waals surface area contributed by atoms with Crippen LogP contribution in [0.25, 0.3) is 0 Å². The van der Waals surface area contributed by atoms with Gasteiger partial charge in [0, 0.05) is 31.0 Å². The van der Waals surface area contributed by atoms with Crippen LogP contribution in [0, 0.1) is 0 Å². The zero-order chi connectivity index (χ0) is 18.1. The summed E-state index contributed by atoms with van der Waals surface area (Å²) in [4.78, 5) is 20.7. The van der Waals surface area contributed by atoms with Gasteiger partial charge in [-0.1, -0.05) is 0 Å². The standard InChI is InChI=1S/C18H24N6O2/c1-18(6-7-18)23-17(25)26-14-4-3-12(9-14)13-10-19-16(20-11-13)22-15-5-8-21-24(15)2/h5,8,10-12,14H,3-4,6-7,9H2,1-2H3,(H,23,25)(H,19,20,22)/t12-,14+/m1/s1. The molecule has 2 aliphatic rings. The Bertz CT molecular complexity index is 783. The Morgan fingerprint density at radius 2 is 2.08 bits per heavy atom. The van der Waals surface area contributed by atoms with E-state index < -0.39 is 0 Å². The molecule has 8 nitrogen and oxygen atoms in total. The molecule has 0 spiro atoms. The van der Waals surface area contributed by atoms with Crippen LogP contribution in [0.5, 0.6) is 0 Å². The fourth-order valence-corrected chi connectivity index (χ4v) is 3.31. The molecule has 138 valence electrons. The zero-order valence-corrected chi connectivity index (χ0v) is 15.1. The number of hydrogen-bond acceptors (Lipinski definition) is 6. The number of alkyl carbamates (subject to hydrolysis) is 1. The molecule has 0 bridgehead atoms. The van der Waals surface area contributed by atoms with Gasteiger partial charge in [-0.2, -0.15) is 5.10 Å². The lowest BCUT2D eigenvalue weighted by atomic mass is 10.0. The molecule has 26 heavy (non-hydrogen) atoms. The first-order valence-electron chi connectivity index (χ1n) is 9.06. The summed E-state index contributed by atoms with van der Waals surface area (Å²) in [5.74, 6) is 1.71. The molecule has 8 heteroatoms. The number of rotatable bonds is 5. The van der Waals surface area contributed by atoms with Gasteiger partial charge in [-0.3, -0.25) is 4.68 Å². The predicted molar refractivity (Wildman–Crippen MR) is 96.2 cm³/mol. The molecule has 2 aromatic heterocycles. The summed E-state index contributed by atoms with van der Waals surface area (Å²) < 4.78 is 7.30. The third kappa shape index (κ3) is 3.79. The summed E-state index contributed by atoms with van der Waals surface area (Å²) in [6.07, 6.45) is 9.84. The Balaban J connectivity index is 1.30. The number of anilines is 2. The van der Waals surface area contributed by atoms with Crippen molar-refractivity contribution in [3.8, 4) is 0 Å². The van der Waals surface area contributed by atoms with Crippen molar-refractivity contribution < 1.29 is 9.53 Å². The van der Waals surface area contributed by atoms with Crippen molar-refractivity contribution in [2.24, 2.45) is 7.05 Å². The fraction of sp³-hybridized carbons (Fsp3) is 0.556. The van der Waals surface area contributed by atoms with Crippen LogP contribution < -0.4 is 10.6 Å². The van der Waals surface area contributed by atoms with Crippen LogP contribution in [-0.2, 0) is 11.8 Å². The van der Waals surface area contributed by atoms with Crippen molar-refractivity contribution >= 4 is 17.9 Å². The summed E-state index contributed by atoms with van der Waals surface area (Å²) in [5, 5.41) is 10.2. The summed E-state index contributed by atoms with van der Waals surface area (Å²) >= 11 is 0. The van der Waals surface area contributed by atoms with E-state index >= 15 is 0 Å². The molecule has 2 fully saturated rings. The van der Waals surface area contributed by atoms with Crippen molar-refractivity contribution in [3.63, 3.8) is 0 Å². The molecule has 0 aliphatic heterocycles. The topological polar surface area (TPSA) is 94.0 Å². The second kappa shape index (κ2) is 6.59. The molecule has 2 aromatic rings. The number of nitrogens with zero attached hydrogens (tertiary/aromatic N) is 4. The van der Waals surface area contributed by atoms with Crippen LogP contribution in [0.1, 0.15) is 50.5 Å². The molecular weight excluding hydrogens is 332 g/mol. The maximum atomic E-state index is 11.9. The summed E-state index contributed by atoms with van der Waals surface area (Å²) in [6, 6.07) is 1.86. The van der Waals surface area contributed by atoms with E-state index in [1.54, 1.807) is 10.9 Å². The van der Waals surface area contributed by atoms with Crippen molar-refractivity contribution in [2.45, 2.75) is 56.6 Å². The first-order chi connectivity index (χ1) is 12.5. The second-order valence-corrected chi connectivity index (χ2v) is 7.53. The minimum atomic E-state index is -0.289. The number of carbonyl (C=O) groups excluding carboxylic acids is 1. The molecule has 2 N–H and O–H groups in total. The first kappa shape index (κ1) is 16.8. The Morgan fingerprint density at radius 3 is 2.73 bits per heavy atom. The number of carbonyl (C=O) groups is 1. The lowest BCUT2D eigenvalue weighted by molar-refractivity contribution is 0.0967. The van der Waals surface area contributed by atoms with E-state index in [2.05, 4.69) is 25.7 Å². The van der Waals surface area contributed by atoms with Crippen molar-refractivity contribution in [3.05, 3.63) is 30.2 Å². The zero-order valence-electron chi connectivity index (χ0n) is 15.1. The molecule has 2 saturated carbocycles. The molecular formula is C18H24N6O2. The number of nitrogens with one attached hydrogen (secondary N) is 2. The highest BCUT2D eigenvalue weighted by molar-refractivity contribution is 5.69. The number of hydrogen-bond donors (Lipinski definition) is 2. The van der Waals surface area contributed by atoms with Gasteiger partial charge in [0.2, 0.25) is 5.95 Å².